The van der Waals surface area contributed by atoms with Crippen LogP contribution in [0.2, 0.25) is 0 Å². The number of aromatic nitrogens is 2. The molecule has 0 amide bonds. The van der Waals surface area contributed by atoms with Crippen LogP contribution in [0.1, 0.15) is 10.6 Å². The van der Waals surface area contributed by atoms with Crippen LogP contribution in [0.25, 0.3) is 22.9 Å². The maximum absolute atomic E-state index is 13.7. The first-order valence-electron chi connectivity index (χ1n) is 6.61. The normalized spacial score (nSPS) is 11.3. The van der Waals surface area contributed by atoms with E-state index in [2.05, 4.69) is 9.97 Å². The smallest absolute Gasteiger partial charge is 0.134 e. The van der Waals surface area contributed by atoms with Crippen molar-refractivity contribution >= 4 is 23.0 Å². The van der Waals surface area contributed by atoms with E-state index < -0.39 is 11.6 Å². The Morgan fingerprint density at radius 2 is 1.83 bits per heavy atom. The molecule has 0 saturated carbocycles. The first-order chi connectivity index (χ1) is 11.2. The van der Waals surface area contributed by atoms with Crippen molar-refractivity contribution in [2.75, 3.05) is 0 Å². The Kier molecular flexibility index (Phi) is 4.22. The first-order valence-corrected chi connectivity index (χ1v) is 7.49. The lowest BCUT2D eigenvalue weighted by atomic mass is 10.1. The monoisotopic (exact) mass is 325 g/mol. The second-order valence-corrected chi connectivity index (χ2v) is 5.44. The van der Waals surface area contributed by atoms with Gasteiger partial charge in [0.2, 0.25) is 0 Å². The van der Waals surface area contributed by atoms with E-state index >= 15 is 0 Å². The molecule has 112 valence electrons. The largest absolute Gasteiger partial charge is 0.265 e. The molecule has 0 atom stereocenters. The van der Waals surface area contributed by atoms with Gasteiger partial charge < -0.3 is 0 Å². The maximum atomic E-state index is 13.7. The summed E-state index contributed by atoms with van der Waals surface area (Å²) in [6, 6.07) is 9.11. The van der Waals surface area contributed by atoms with Gasteiger partial charge in [0.1, 0.15) is 22.7 Å². The lowest BCUT2D eigenvalue weighted by Crippen LogP contribution is -1.90. The van der Waals surface area contributed by atoms with Crippen molar-refractivity contribution in [3.05, 3.63) is 70.3 Å². The quantitative estimate of drug-likeness (QED) is 0.664. The molecule has 0 aliphatic rings. The van der Waals surface area contributed by atoms with Gasteiger partial charge in [0.15, 0.2) is 0 Å². The molecule has 0 N–H and O–H groups in total. The van der Waals surface area contributed by atoms with E-state index in [0.717, 1.165) is 17.7 Å². The average molecular weight is 325 g/mol. The maximum Gasteiger partial charge on any atom is 0.134 e. The first kappa shape index (κ1) is 15.0. The summed E-state index contributed by atoms with van der Waals surface area (Å²) in [5, 5.41) is 11.5. The molecule has 0 fully saturated rings. The van der Waals surface area contributed by atoms with Crippen LogP contribution in [0, 0.1) is 23.0 Å². The minimum Gasteiger partial charge on any atom is -0.265 e. The summed E-state index contributed by atoms with van der Waals surface area (Å²) in [6.45, 7) is 0. The number of rotatable bonds is 3. The van der Waals surface area contributed by atoms with Crippen molar-refractivity contribution in [2.45, 2.75) is 0 Å². The highest BCUT2D eigenvalue weighted by Crippen LogP contribution is 2.27. The molecule has 2 aromatic heterocycles. The summed E-state index contributed by atoms with van der Waals surface area (Å²) in [5.41, 5.74) is 1.41. The molecule has 6 heteroatoms. The van der Waals surface area contributed by atoms with Crippen molar-refractivity contribution < 1.29 is 8.78 Å². The lowest BCUT2D eigenvalue weighted by Gasteiger charge is -2.00. The van der Waals surface area contributed by atoms with Gasteiger partial charge in [0, 0.05) is 28.9 Å². The third-order valence-corrected chi connectivity index (χ3v) is 4.00. The fourth-order valence-corrected chi connectivity index (χ4v) is 2.78. The van der Waals surface area contributed by atoms with Crippen LogP contribution in [-0.4, -0.2) is 9.97 Å². The van der Waals surface area contributed by atoms with Gasteiger partial charge in [-0.3, -0.25) is 4.98 Å². The minimum atomic E-state index is -0.719. The van der Waals surface area contributed by atoms with Crippen molar-refractivity contribution in [1.82, 2.24) is 9.97 Å². The highest BCUT2D eigenvalue weighted by Gasteiger charge is 2.12. The number of benzene rings is 1. The van der Waals surface area contributed by atoms with Gasteiger partial charge >= 0.3 is 0 Å². The standard InChI is InChI=1S/C17H9F2N3S/c18-14-2-1-3-15(19)13(14)8-12(9-20)17-22-16(10-23-17)11-4-6-21-7-5-11/h1-8,10H/b12-8-. The highest BCUT2D eigenvalue weighted by molar-refractivity contribution is 7.11. The summed E-state index contributed by atoms with van der Waals surface area (Å²) in [7, 11) is 0. The predicted molar refractivity (Wildman–Crippen MR) is 85.2 cm³/mol. The number of hydrogen-bond acceptors (Lipinski definition) is 4. The molecule has 23 heavy (non-hydrogen) atoms. The third kappa shape index (κ3) is 3.15. The van der Waals surface area contributed by atoms with E-state index in [1.165, 1.54) is 23.5 Å². The van der Waals surface area contributed by atoms with Crippen molar-refractivity contribution in [2.24, 2.45) is 0 Å². The summed E-state index contributed by atoms with van der Waals surface area (Å²) in [6.07, 6.45) is 4.47. The molecule has 3 aromatic rings. The molecule has 2 heterocycles. The van der Waals surface area contributed by atoms with Crippen LogP contribution >= 0.6 is 11.3 Å². The third-order valence-electron chi connectivity index (χ3n) is 3.12. The van der Waals surface area contributed by atoms with E-state index in [-0.39, 0.29) is 11.1 Å². The Labute approximate surface area is 135 Å². The van der Waals surface area contributed by atoms with Gasteiger partial charge in [-0.2, -0.15) is 5.26 Å². The van der Waals surface area contributed by atoms with Crippen LogP contribution < -0.4 is 0 Å². The molecule has 0 unspecified atom stereocenters. The molecule has 3 rings (SSSR count). The number of halogens is 2. The zero-order valence-corrected chi connectivity index (χ0v) is 12.5. The van der Waals surface area contributed by atoms with Gasteiger partial charge in [-0.05, 0) is 30.3 Å². The molecule has 0 bridgehead atoms. The molecule has 0 aliphatic carbocycles. The number of allylic oxidation sites excluding steroid dienone is 1. The van der Waals surface area contributed by atoms with Gasteiger partial charge in [0.05, 0.1) is 11.3 Å². The Hall–Kier alpha value is -2.91. The Morgan fingerprint density at radius 3 is 2.48 bits per heavy atom. The van der Waals surface area contributed by atoms with E-state index in [1.807, 2.05) is 6.07 Å². The van der Waals surface area contributed by atoms with Crippen molar-refractivity contribution in [3.63, 3.8) is 0 Å². The van der Waals surface area contributed by atoms with E-state index in [0.29, 0.717) is 10.7 Å². The molecular weight excluding hydrogens is 316 g/mol. The predicted octanol–water partition coefficient (Wildman–Crippen LogP) is 4.55. The summed E-state index contributed by atoms with van der Waals surface area (Å²) >= 11 is 1.24. The second kappa shape index (κ2) is 6.46. The van der Waals surface area contributed by atoms with Crippen LogP contribution in [0.15, 0.2) is 48.1 Å². The SMILES string of the molecule is N#C/C(=C/c1c(F)cccc1F)c1nc(-c2ccncc2)cs1. The topological polar surface area (TPSA) is 49.6 Å². The van der Waals surface area contributed by atoms with E-state index in [1.54, 1.807) is 29.9 Å². The van der Waals surface area contributed by atoms with Crippen LogP contribution in [0.4, 0.5) is 8.78 Å². The van der Waals surface area contributed by atoms with Gasteiger partial charge in [-0.1, -0.05) is 6.07 Å². The van der Waals surface area contributed by atoms with Gasteiger partial charge in [-0.15, -0.1) is 11.3 Å². The molecular formula is C17H9F2N3S. The molecule has 0 saturated heterocycles. The average Bonchev–Trinajstić information content (AvgIpc) is 3.05. The van der Waals surface area contributed by atoms with Gasteiger partial charge in [0.25, 0.3) is 0 Å². The van der Waals surface area contributed by atoms with Crippen molar-refractivity contribution in [1.29, 1.82) is 5.26 Å². The summed E-state index contributed by atoms with van der Waals surface area (Å²) < 4.78 is 27.4. The summed E-state index contributed by atoms with van der Waals surface area (Å²) in [5.74, 6) is -1.44. The second-order valence-electron chi connectivity index (χ2n) is 4.58. The molecule has 0 radical (unpaired) electrons. The number of hydrogen-bond donors (Lipinski definition) is 0. The minimum absolute atomic E-state index is 0.110. The summed E-state index contributed by atoms with van der Waals surface area (Å²) in [4.78, 5) is 8.29. The zero-order chi connectivity index (χ0) is 16.2. The Morgan fingerprint density at radius 1 is 1.13 bits per heavy atom. The molecule has 0 aliphatic heterocycles. The highest BCUT2D eigenvalue weighted by atomic mass is 32.1. The van der Waals surface area contributed by atoms with Gasteiger partial charge in [-0.25, -0.2) is 13.8 Å². The number of nitriles is 1. The van der Waals surface area contributed by atoms with Crippen LogP contribution in [0.5, 0.6) is 0 Å². The van der Waals surface area contributed by atoms with E-state index in [9.17, 15) is 14.0 Å². The van der Waals surface area contributed by atoms with Crippen LogP contribution in [-0.2, 0) is 0 Å². The molecule has 3 nitrogen and oxygen atoms in total. The number of pyridine rings is 1. The van der Waals surface area contributed by atoms with Crippen molar-refractivity contribution in [3.8, 4) is 17.3 Å². The number of nitrogens with zero attached hydrogens (tertiary/aromatic N) is 3. The molecule has 0 spiro atoms. The molecule has 1 aromatic carbocycles. The lowest BCUT2D eigenvalue weighted by molar-refractivity contribution is 0.579. The Balaban J connectivity index is 2.01. The number of thiazole rings is 1. The fourth-order valence-electron chi connectivity index (χ4n) is 1.99. The Bertz CT molecular complexity index is 891. The van der Waals surface area contributed by atoms with Crippen LogP contribution in [0.3, 0.4) is 0 Å². The van der Waals surface area contributed by atoms with E-state index in [4.69, 9.17) is 0 Å². The zero-order valence-electron chi connectivity index (χ0n) is 11.7. The fraction of sp³-hybridized carbons (Fsp3) is 0.